The first-order valence-electron chi connectivity index (χ1n) is 8.06. The molecule has 0 aromatic heterocycles. The molecular formula is C18H28O. The summed E-state index contributed by atoms with van der Waals surface area (Å²) < 4.78 is 0. The number of fused-ring (bicyclic) bond motifs is 1. The molecule has 0 spiro atoms. The van der Waals surface area contributed by atoms with Crippen LogP contribution in [0.25, 0.3) is 0 Å². The van der Waals surface area contributed by atoms with E-state index in [-0.39, 0.29) is 6.10 Å². The van der Waals surface area contributed by atoms with Crippen molar-refractivity contribution in [1.29, 1.82) is 0 Å². The zero-order valence-corrected chi connectivity index (χ0v) is 12.5. The van der Waals surface area contributed by atoms with Gasteiger partial charge in [-0.25, -0.2) is 0 Å². The molecule has 19 heavy (non-hydrogen) atoms. The minimum atomic E-state index is -0.271. The molecule has 1 atom stereocenters. The van der Waals surface area contributed by atoms with Crippen molar-refractivity contribution in [2.45, 2.75) is 71.3 Å². The summed E-state index contributed by atoms with van der Waals surface area (Å²) in [6.45, 7) is 4.42. The van der Waals surface area contributed by atoms with E-state index < -0.39 is 0 Å². The van der Waals surface area contributed by atoms with Gasteiger partial charge in [-0.2, -0.15) is 0 Å². The van der Waals surface area contributed by atoms with Crippen LogP contribution in [0.15, 0.2) is 18.2 Å². The first kappa shape index (κ1) is 14.6. The molecule has 1 aromatic carbocycles. The van der Waals surface area contributed by atoms with Crippen LogP contribution in [0, 0.1) is 5.92 Å². The summed E-state index contributed by atoms with van der Waals surface area (Å²) in [5.74, 6) is 0.427. The monoisotopic (exact) mass is 260 g/mol. The van der Waals surface area contributed by atoms with Gasteiger partial charge >= 0.3 is 0 Å². The molecule has 1 heteroatoms. The van der Waals surface area contributed by atoms with E-state index in [4.69, 9.17) is 0 Å². The van der Waals surface area contributed by atoms with Crippen LogP contribution in [-0.2, 0) is 12.8 Å². The number of benzene rings is 1. The van der Waals surface area contributed by atoms with Crippen LogP contribution >= 0.6 is 0 Å². The van der Waals surface area contributed by atoms with Crippen molar-refractivity contribution in [3.8, 4) is 0 Å². The second kappa shape index (κ2) is 7.09. The highest BCUT2D eigenvalue weighted by Gasteiger charge is 2.20. The highest BCUT2D eigenvalue weighted by Crippen LogP contribution is 2.32. The predicted octanol–water partition coefficient (Wildman–Crippen LogP) is 4.82. The predicted molar refractivity (Wildman–Crippen MR) is 81.3 cm³/mol. The Balaban J connectivity index is 2.15. The van der Waals surface area contributed by atoms with Gasteiger partial charge in [0.25, 0.3) is 0 Å². The van der Waals surface area contributed by atoms with Gasteiger partial charge in [0.2, 0.25) is 0 Å². The van der Waals surface area contributed by atoms with Crippen molar-refractivity contribution >= 4 is 0 Å². The van der Waals surface area contributed by atoms with E-state index >= 15 is 0 Å². The fraction of sp³-hybridized carbons (Fsp3) is 0.667. The van der Waals surface area contributed by atoms with Crippen LogP contribution in [0.2, 0.25) is 0 Å². The average Bonchev–Trinajstić information content (AvgIpc) is 2.46. The Labute approximate surface area is 118 Å². The Hall–Kier alpha value is -0.820. The van der Waals surface area contributed by atoms with Crippen LogP contribution < -0.4 is 0 Å². The topological polar surface area (TPSA) is 20.2 Å². The second-order valence-corrected chi connectivity index (χ2v) is 6.02. The Morgan fingerprint density at radius 3 is 2.26 bits per heavy atom. The Morgan fingerprint density at radius 2 is 1.63 bits per heavy atom. The van der Waals surface area contributed by atoms with Gasteiger partial charge in [0.1, 0.15) is 0 Å². The molecule has 0 saturated heterocycles. The lowest BCUT2D eigenvalue weighted by Crippen LogP contribution is -2.14. The Morgan fingerprint density at radius 1 is 1.00 bits per heavy atom. The molecule has 1 nitrogen and oxygen atoms in total. The quantitative estimate of drug-likeness (QED) is 0.778. The first-order valence-corrected chi connectivity index (χ1v) is 8.06. The maximum Gasteiger partial charge on any atom is 0.0818 e. The molecule has 0 fully saturated rings. The molecule has 0 bridgehead atoms. The van der Waals surface area contributed by atoms with Crippen molar-refractivity contribution < 1.29 is 5.11 Å². The maximum atomic E-state index is 10.6. The smallest absolute Gasteiger partial charge is 0.0818 e. The van der Waals surface area contributed by atoms with E-state index in [1.807, 2.05) is 0 Å². The molecule has 0 saturated carbocycles. The fourth-order valence-corrected chi connectivity index (χ4v) is 3.41. The highest BCUT2D eigenvalue weighted by atomic mass is 16.3. The summed E-state index contributed by atoms with van der Waals surface area (Å²) in [6, 6.07) is 6.69. The zero-order valence-electron chi connectivity index (χ0n) is 12.5. The number of rotatable bonds is 6. The third-order valence-electron chi connectivity index (χ3n) is 4.48. The molecule has 0 heterocycles. The van der Waals surface area contributed by atoms with Crippen LogP contribution in [0.5, 0.6) is 0 Å². The van der Waals surface area contributed by atoms with Crippen molar-refractivity contribution in [2.24, 2.45) is 5.92 Å². The van der Waals surface area contributed by atoms with Crippen LogP contribution in [0.3, 0.4) is 0 Å². The molecule has 0 radical (unpaired) electrons. The molecule has 1 aromatic rings. The van der Waals surface area contributed by atoms with Gasteiger partial charge in [0.15, 0.2) is 0 Å². The minimum absolute atomic E-state index is 0.271. The van der Waals surface area contributed by atoms with Crippen molar-refractivity contribution in [3.05, 3.63) is 34.9 Å². The van der Waals surface area contributed by atoms with E-state index in [2.05, 4.69) is 32.0 Å². The van der Waals surface area contributed by atoms with Gasteiger partial charge in [-0.3, -0.25) is 0 Å². The number of aliphatic hydroxyl groups excluding tert-OH is 1. The van der Waals surface area contributed by atoms with E-state index in [1.54, 1.807) is 0 Å². The Bertz CT molecular complexity index is 391. The number of aliphatic hydroxyl groups is 1. The van der Waals surface area contributed by atoms with E-state index in [1.165, 1.54) is 36.8 Å². The number of aryl methyl sites for hydroxylation is 2. The Kier molecular flexibility index (Phi) is 5.45. The second-order valence-electron chi connectivity index (χ2n) is 6.02. The molecule has 1 aliphatic carbocycles. The maximum absolute atomic E-state index is 10.6. The molecule has 0 aliphatic heterocycles. The third kappa shape index (κ3) is 3.60. The zero-order chi connectivity index (χ0) is 13.7. The summed E-state index contributed by atoms with van der Waals surface area (Å²) in [5.41, 5.74) is 4.13. The van der Waals surface area contributed by atoms with Gasteiger partial charge in [-0.1, -0.05) is 44.9 Å². The van der Waals surface area contributed by atoms with Gasteiger partial charge in [0, 0.05) is 0 Å². The summed E-state index contributed by atoms with van der Waals surface area (Å²) in [6.07, 6.45) is 9.36. The normalized spacial score (nSPS) is 16.4. The largest absolute Gasteiger partial charge is 0.388 e. The van der Waals surface area contributed by atoms with E-state index in [9.17, 15) is 5.11 Å². The van der Waals surface area contributed by atoms with Gasteiger partial charge in [0.05, 0.1) is 6.10 Å². The van der Waals surface area contributed by atoms with Gasteiger partial charge in [-0.15, -0.1) is 0 Å². The summed E-state index contributed by atoms with van der Waals surface area (Å²) in [4.78, 5) is 0. The lowest BCUT2D eigenvalue weighted by atomic mass is 9.84. The summed E-state index contributed by atoms with van der Waals surface area (Å²) in [7, 11) is 0. The van der Waals surface area contributed by atoms with E-state index in [0.717, 1.165) is 31.2 Å². The van der Waals surface area contributed by atoms with Crippen molar-refractivity contribution in [2.75, 3.05) is 0 Å². The van der Waals surface area contributed by atoms with Crippen LogP contribution in [-0.4, -0.2) is 5.11 Å². The highest BCUT2D eigenvalue weighted by molar-refractivity contribution is 5.35. The molecule has 1 aliphatic rings. The molecule has 2 rings (SSSR count). The SMILES string of the molecule is CCCC(CCC)C(O)c1ccc2c(c1)CCCC2. The standard InChI is InChI=1S/C18H28O/c1-3-7-15(8-4-2)18(19)17-12-11-14-9-5-6-10-16(14)13-17/h11-13,15,18-19H,3-10H2,1-2H3. The van der Waals surface area contributed by atoms with Crippen molar-refractivity contribution in [3.63, 3.8) is 0 Å². The number of hydrogen-bond acceptors (Lipinski definition) is 1. The van der Waals surface area contributed by atoms with E-state index in [0.29, 0.717) is 5.92 Å². The van der Waals surface area contributed by atoms with Gasteiger partial charge < -0.3 is 5.11 Å². The third-order valence-corrected chi connectivity index (χ3v) is 4.48. The first-order chi connectivity index (χ1) is 9.26. The van der Waals surface area contributed by atoms with Crippen LogP contribution in [0.1, 0.15) is 75.2 Å². The molecule has 0 amide bonds. The summed E-state index contributed by atoms with van der Waals surface area (Å²) in [5, 5.41) is 10.6. The van der Waals surface area contributed by atoms with Crippen LogP contribution in [0.4, 0.5) is 0 Å². The molecular weight excluding hydrogens is 232 g/mol. The van der Waals surface area contributed by atoms with Crippen molar-refractivity contribution in [1.82, 2.24) is 0 Å². The minimum Gasteiger partial charge on any atom is -0.388 e. The lowest BCUT2D eigenvalue weighted by molar-refractivity contribution is 0.0963. The fourth-order valence-electron chi connectivity index (χ4n) is 3.41. The molecule has 1 N–H and O–H groups in total. The number of hydrogen-bond donors (Lipinski definition) is 1. The lowest BCUT2D eigenvalue weighted by Gasteiger charge is -2.24. The average molecular weight is 260 g/mol. The van der Waals surface area contributed by atoms with Gasteiger partial charge in [-0.05, 0) is 61.1 Å². The summed E-state index contributed by atoms with van der Waals surface area (Å²) >= 11 is 0. The molecule has 106 valence electrons. The molecule has 1 unspecified atom stereocenters.